The van der Waals surface area contributed by atoms with Gasteiger partial charge in [0.1, 0.15) is 0 Å². The maximum Gasteiger partial charge on any atom is 0.0522 e. The number of hydrogen-bond acceptors (Lipinski definition) is 2. The van der Waals surface area contributed by atoms with E-state index in [9.17, 15) is 0 Å². The van der Waals surface area contributed by atoms with E-state index >= 15 is 0 Å². The van der Waals surface area contributed by atoms with Gasteiger partial charge in [0.25, 0.3) is 0 Å². The van der Waals surface area contributed by atoms with E-state index in [0.29, 0.717) is 0 Å². The quantitative estimate of drug-likeness (QED) is 0.831. The zero-order valence-corrected chi connectivity index (χ0v) is 10.6. The van der Waals surface area contributed by atoms with Crippen molar-refractivity contribution < 1.29 is 0 Å². The Kier molecular flexibility index (Phi) is 3.06. The van der Waals surface area contributed by atoms with Gasteiger partial charge in [0, 0.05) is 18.8 Å². The summed E-state index contributed by atoms with van der Waals surface area (Å²) in [7, 11) is 1.96. The number of hydrogen-bond donors (Lipinski definition) is 1. The van der Waals surface area contributed by atoms with Crippen LogP contribution in [-0.2, 0) is 13.5 Å². The van der Waals surface area contributed by atoms with Crippen LogP contribution in [0.2, 0.25) is 0 Å². The molecule has 0 amide bonds. The van der Waals surface area contributed by atoms with Crippen molar-refractivity contribution in [2.75, 3.05) is 0 Å². The van der Waals surface area contributed by atoms with Crippen LogP contribution in [0.4, 0.5) is 0 Å². The normalized spacial score (nSPS) is 35.2. The Morgan fingerprint density at radius 1 is 1.44 bits per heavy atom. The van der Waals surface area contributed by atoms with E-state index < -0.39 is 0 Å². The molecule has 0 saturated heterocycles. The monoisotopic (exact) mass is 221 g/mol. The fraction of sp³-hybridized carbons (Fsp3) is 0.769. The van der Waals surface area contributed by atoms with Crippen molar-refractivity contribution in [3.05, 3.63) is 18.0 Å². The molecule has 0 radical (unpaired) electrons. The smallest absolute Gasteiger partial charge is 0.0522 e. The minimum Gasteiger partial charge on any atom is -0.325 e. The van der Waals surface area contributed by atoms with Crippen LogP contribution in [0.15, 0.2) is 12.4 Å². The first-order chi connectivity index (χ1) is 7.47. The van der Waals surface area contributed by atoms with Gasteiger partial charge in [0.05, 0.1) is 6.20 Å². The molecule has 90 valence electrons. The van der Waals surface area contributed by atoms with Crippen molar-refractivity contribution in [3.63, 3.8) is 0 Å². The lowest BCUT2D eigenvalue weighted by Gasteiger charge is -2.40. The number of nitrogens with zero attached hydrogens (tertiary/aromatic N) is 2. The van der Waals surface area contributed by atoms with Gasteiger partial charge in [0.15, 0.2) is 0 Å². The summed E-state index contributed by atoms with van der Waals surface area (Å²) in [5.74, 6) is 1.51. The average molecular weight is 221 g/mol. The van der Waals surface area contributed by atoms with Gasteiger partial charge in [-0.2, -0.15) is 5.10 Å². The first kappa shape index (κ1) is 11.6. The molecular weight excluding hydrogens is 198 g/mol. The van der Waals surface area contributed by atoms with E-state index in [1.54, 1.807) is 0 Å². The Morgan fingerprint density at radius 2 is 2.06 bits per heavy atom. The van der Waals surface area contributed by atoms with Crippen LogP contribution < -0.4 is 5.73 Å². The average Bonchev–Trinajstić information content (AvgIpc) is 2.47. The Labute approximate surface area is 98.0 Å². The summed E-state index contributed by atoms with van der Waals surface area (Å²) in [6, 6.07) is 0. The molecule has 1 saturated carbocycles. The molecule has 1 aromatic heterocycles. The molecule has 3 nitrogen and oxygen atoms in total. The molecular formula is C13H23N3. The van der Waals surface area contributed by atoms with Crippen LogP contribution in [0.5, 0.6) is 0 Å². The highest BCUT2D eigenvalue weighted by molar-refractivity contribution is 5.10. The highest BCUT2D eigenvalue weighted by Crippen LogP contribution is 2.36. The summed E-state index contributed by atoms with van der Waals surface area (Å²) in [6.45, 7) is 4.64. The lowest BCUT2D eigenvalue weighted by atomic mass is 9.70. The van der Waals surface area contributed by atoms with E-state index in [1.165, 1.54) is 12.0 Å². The molecule has 16 heavy (non-hydrogen) atoms. The van der Waals surface area contributed by atoms with Gasteiger partial charge in [-0.1, -0.05) is 13.8 Å². The first-order valence-corrected chi connectivity index (χ1v) is 6.23. The highest BCUT2D eigenvalue weighted by atomic mass is 15.2. The van der Waals surface area contributed by atoms with Gasteiger partial charge in [-0.25, -0.2) is 0 Å². The van der Waals surface area contributed by atoms with Gasteiger partial charge >= 0.3 is 0 Å². The van der Waals surface area contributed by atoms with E-state index in [1.807, 2.05) is 17.9 Å². The minimum atomic E-state index is -0.0138. The van der Waals surface area contributed by atoms with Crippen molar-refractivity contribution in [2.24, 2.45) is 24.6 Å². The van der Waals surface area contributed by atoms with E-state index in [-0.39, 0.29) is 5.54 Å². The number of aromatic nitrogens is 2. The standard InChI is InChI=1S/C13H23N3/c1-10-4-11(2)6-13(14,5-10)7-12-8-15-16(3)9-12/h8-11H,4-7,14H2,1-3H3. The van der Waals surface area contributed by atoms with Crippen molar-refractivity contribution >= 4 is 0 Å². The van der Waals surface area contributed by atoms with Crippen molar-refractivity contribution in [1.29, 1.82) is 0 Å². The van der Waals surface area contributed by atoms with Crippen molar-refractivity contribution in [3.8, 4) is 0 Å². The summed E-state index contributed by atoms with van der Waals surface area (Å²) in [6.07, 6.45) is 8.61. The predicted molar refractivity (Wildman–Crippen MR) is 66.0 cm³/mol. The topological polar surface area (TPSA) is 43.8 Å². The van der Waals surface area contributed by atoms with Crippen LogP contribution in [-0.4, -0.2) is 15.3 Å². The van der Waals surface area contributed by atoms with Crippen molar-refractivity contribution in [1.82, 2.24) is 9.78 Å². The lowest BCUT2D eigenvalue weighted by Crippen LogP contribution is -2.48. The van der Waals surface area contributed by atoms with E-state index in [4.69, 9.17) is 5.73 Å². The van der Waals surface area contributed by atoms with Gasteiger partial charge in [-0.05, 0) is 43.1 Å². The first-order valence-electron chi connectivity index (χ1n) is 6.23. The third kappa shape index (κ3) is 2.64. The number of aryl methyl sites for hydroxylation is 1. The molecule has 1 aromatic rings. The summed E-state index contributed by atoms with van der Waals surface area (Å²) in [5, 5.41) is 4.21. The third-order valence-corrected chi connectivity index (χ3v) is 3.63. The van der Waals surface area contributed by atoms with Crippen LogP contribution >= 0.6 is 0 Å². The van der Waals surface area contributed by atoms with E-state index in [0.717, 1.165) is 31.1 Å². The molecule has 2 atom stereocenters. The summed E-state index contributed by atoms with van der Waals surface area (Å²) >= 11 is 0. The fourth-order valence-electron chi connectivity index (χ4n) is 3.44. The molecule has 2 rings (SSSR count). The summed E-state index contributed by atoms with van der Waals surface area (Å²) in [5.41, 5.74) is 7.80. The van der Waals surface area contributed by atoms with Gasteiger partial charge < -0.3 is 5.73 Å². The zero-order chi connectivity index (χ0) is 11.8. The maximum atomic E-state index is 6.54. The highest BCUT2D eigenvalue weighted by Gasteiger charge is 2.34. The molecule has 0 spiro atoms. The van der Waals surface area contributed by atoms with Gasteiger partial charge in [-0.15, -0.1) is 0 Å². The molecule has 0 aliphatic heterocycles. The fourth-order valence-corrected chi connectivity index (χ4v) is 3.44. The molecule has 0 aromatic carbocycles. The van der Waals surface area contributed by atoms with Crippen LogP contribution in [0.3, 0.4) is 0 Å². The second kappa shape index (κ2) is 4.21. The van der Waals surface area contributed by atoms with E-state index in [2.05, 4.69) is 25.1 Å². The molecule has 1 aliphatic carbocycles. The molecule has 2 N–H and O–H groups in total. The third-order valence-electron chi connectivity index (χ3n) is 3.63. The second-order valence-corrected chi connectivity index (χ2v) is 5.92. The summed E-state index contributed by atoms with van der Waals surface area (Å²) in [4.78, 5) is 0. The Bertz CT molecular complexity index is 346. The maximum absolute atomic E-state index is 6.54. The van der Waals surface area contributed by atoms with Gasteiger partial charge in [-0.3, -0.25) is 4.68 Å². The molecule has 0 bridgehead atoms. The molecule has 1 fully saturated rings. The zero-order valence-electron chi connectivity index (χ0n) is 10.6. The second-order valence-electron chi connectivity index (χ2n) is 5.92. The molecule has 1 aliphatic rings. The van der Waals surface area contributed by atoms with Crippen LogP contribution in [0.25, 0.3) is 0 Å². The number of rotatable bonds is 2. The molecule has 3 heteroatoms. The lowest BCUT2D eigenvalue weighted by molar-refractivity contribution is 0.182. The van der Waals surface area contributed by atoms with Crippen LogP contribution in [0, 0.1) is 11.8 Å². The Balaban J connectivity index is 2.07. The molecule has 2 unspecified atom stereocenters. The predicted octanol–water partition coefficient (Wildman–Crippen LogP) is 2.12. The molecule has 1 heterocycles. The number of nitrogens with two attached hydrogens (primary N) is 1. The SMILES string of the molecule is CC1CC(C)CC(N)(Cc2cnn(C)c2)C1. The Hall–Kier alpha value is -0.830. The minimum absolute atomic E-state index is 0.0138. The summed E-state index contributed by atoms with van der Waals surface area (Å²) < 4.78 is 1.86. The van der Waals surface area contributed by atoms with Crippen molar-refractivity contribution in [2.45, 2.75) is 45.1 Å². The largest absolute Gasteiger partial charge is 0.325 e. The van der Waals surface area contributed by atoms with Crippen LogP contribution in [0.1, 0.15) is 38.7 Å². The van der Waals surface area contributed by atoms with Gasteiger partial charge in [0.2, 0.25) is 0 Å². The Morgan fingerprint density at radius 3 is 2.56 bits per heavy atom.